The van der Waals surface area contributed by atoms with Crippen molar-refractivity contribution < 1.29 is 8.42 Å². The van der Waals surface area contributed by atoms with Crippen LogP contribution in [0.5, 0.6) is 0 Å². The van der Waals surface area contributed by atoms with E-state index in [1.165, 1.54) is 10.5 Å². The number of sulfonamides is 1. The van der Waals surface area contributed by atoms with Gasteiger partial charge in [0.15, 0.2) is 8.68 Å². The lowest BCUT2D eigenvalue weighted by molar-refractivity contribution is 0.429. The van der Waals surface area contributed by atoms with Crippen molar-refractivity contribution in [2.45, 2.75) is 24.5 Å². The van der Waals surface area contributed by atoms with Crippen LogP contribution in [0.15, 0.2) is 10.4 Å². The standard InChI is InChI=1S/C9H15ClN2O2S2/c1-7(2)4-5-12(3)16(13,14)8-6-11-9(10)15-8/h6-7H,4-5H2,1-3H3. The summed E-state index contributed by atoms with van der Waals surface area (Å²) in [4.78, 5) is 3.74. The fourth-order valence-electron chi connectivity index (χ4n) is 1.07. The van der Waals surface area contributed by atoms with Gasteiger partial charge in [0.2, 0.25) is 0 Å². The molecule has 0 fully saturated rings. The molecule has 0 saturated carbocycles. The molecule has 0 aromatic carbocycles. The molecule has 16 heavy (non-hydrogen) atoms. The van der Waals surface area contributed by atoms with E-state index in [0.717, 1.165) is 17.8 Å². The Morgan fingerprint density at radius 3 is 2.62 bits per heavy atom. The molecule has 0 N–H and O–H groups in total. The zero-order valence-electron chi connectivity index (χ0n) is 9.47. The van der Waals surface area contributed by atoms with Crippen LogP contribution in [-0.2, 0) is 10.0 Å². The number of nitrogens with zero attached hydrogens (tertiary/aromatic N) is 2. The van der Waals surface area contributed by atoms with Crippen molar-refractivity contribution in [3.8, 4) is 0 Å². The minimum absolute atomic E-state index is 0.198. The Morgan fingerprint density at radius 1 is 1.56 bits per heavy atom. The summed E-state index contributed by atoms with van der Waals surface area (Å²) in [6.07, 6.45) is 2.14. The van der Waals surface area contributed by atoms with Gasteiger partial charge < -0.3 is 0 Å². The fraction of sp³-hybridized carbons (Fsp3) is 0.667. The van der Waals surface area contributed by atoms with Crippen molar-refractivity contribution in [2.75, 3.05) is 13.6 Å². The van der Waals surface area contributed by atoms with Crippen LogP contribution >= 0.6 is 22.9 Å². The summed E-state index contributed by atoms with van der Waals surface area (Å²) in [5, 5.41) is 0. The molecule has 0 aliphatic rings. The van der Waals surface area contributed by atoms with Gasteiger partial charge in [0, 0.05) is 13.6 Å². The van der Waals surface area contributed by atoms with E-state index in [0.29, 0.717) is 12.5 Å². The second-order valence-electron chi connectivity index (χ2n) is 3.94. The van der Waals surface area contributed by atoms with Crippen molar-refractivity contribution in [1.29, 1.82) is 0 Å². The average Bonchev–Trinajstić information content (AvgIpc) is 2.61. The molecule has 0 unspecified atom stereocenters. The molecule has 92 valence electrons. The molecule has 0 saturated heterocycles. The van der Waals surface area contributed by atoms with E-state index in [-0.39, 0.29) is 8.68 Å². The molecule has 4 nitrogen and oxygen atoms in total. The summed E-state index contributed by atoms with van der Waals surface area (Å²) in [6.45, 7) is 4.63. The van der Waals surface area contributed by atoms with Crippen LogP contribution in [0.2, 0.25) is 4.47 Å². The van der Waals surface area contributed by atoms with E-state index in [9.17, 15) is 8.42 Å². The van der Waals surface area contributed by atoms with Gasteiger partial charge in [-0.2, -0.15) is 0 Å². The Morgan fingerprint density at radius 2 is 2.19 bits per heavy atom. The van der Waals surface area contributed by atoms with E-state index < -0.39 is 10.0 Å². The Balaban J connectivity index is 2.78. The summed E-state index contributed by atoms with van der Waals surface area (Å²) in [6, 6.07) is 0. The molecule has 7 heteroatoms. The third kappa shape index (κ3) is 3.41. The maximum atomic E-state index is 12.0. The van der Waals surface area contributed by atoms with Gasteiger partial charge in [0.05, 0.1) is 6.20 Å². The van der Waals surface area contributed by atoms with Crippen LogP contribution in [-0.4, -0.2) is 31.3 Å². The molecule has 0 atom stereocenters. The Labute approximate surface area is 105 Å². The molecular weight excluding hydrogens is 268 g/mol. The molecule has 1 rings (SSSR count). The molecule has 0 spiro atoms. The van der Waals surface area contributed by atoms with Crippen LogP contribution in [0, 0.1) is 5.92 Å². The summed E-state index contributed by atoms with van der Waals surface area (Å²) >= 11 is 6.61. The molecule has 0 aliphatic heterocycles. The van der Waals surface area contributed by atoms with E-state index in [1.807, 2.05) is 0 Å². The van der Waals surface area contributed by atoms with Gasteiger partial charge in [-0.3, -0.25) is 0 Å². The minimum Gasteiger partial charge on any atom is -0.232 e. The first-order valence-electron chi connectivity index (χ1n) is 4.91. The lowest BCUT2D eigenvalue weighted by Crippen LogP contribution is -2.28. The first-order valence-corrected chi connectivity index (χ1v) is 7.55. The van der Waals surface area contributed by atoms with Crippen LogP contribution in [0.1, 0.15) is 20.3 Å². The number of thiazole rings is 1. The summed E-state index contributed by atoms with van der Waals surface area (Å²) in [7, 11) is -1.83. The fourth-order valence-corrected chi connectivity index (χ4v) is 3.76. The van der Waals surface area contributed by atoms with Crippen molar-refractivity contribution >= 4 is 33.0 Å². The number of halogens is 1. The highest BCUT2D eigenvalue weighted by molar-refractivity contribution is 7.91. The molecule has 0 bridgehead atoms. The normalized spacial score (nSPS) is 12.6. The van der Waals surface area contributed by atoms with E-state index >= 15 is 0 Å². The molecule has 1 heterocycles. The van der Waals surface area contributed by atoms with Crippen molar-refractivity contribution in [3.63, 3.8) is 0 Å². The SMILES string of the molecule is CC(C)CCN(C)S(=O)(=O)c1cnc(Cl)s1. The van der Waals surface area contributed by atoms with Crippen molar-refractivity contribution in [2.24, 2.45) is 5.92 Å². The van der Waals surface area contributed by atoms with Gasteiger partial charge in [-0.25, -0.2) is 17.7 Å². The van der Waals surface area contributed by atoms with Gasteiger partial charge in [-0.15, -0.1) is 0 Å². The topological polar surface area (TPSA) is 50.3 Å². The van der Waals surface area contributed by atoms with Crippen LogP contribution < -0.4 is 0 Å². The van der Waals surface area contributed by atoms with Crippen LogP contribution in [0.3, 0.4) is 0 Å². The molecule has 1 aromatic heterocycles. The summed E-state index contributed by atoms with van der Waals surface area (Å²) < 4.78 is 25.8. The number of hydrogen-bond acceptors (Lipinski definition) is 4. The molecule has 0 aliphatic carbocycles. The van der Waals surface area contributed by atoms with Gasteiger partial charge >= 0.3 is 0 Å². The second kappa shape index (κ2) is 5.44. The predicted molar refractivity (Wildman–Crippen MR) is 66.4 cm³/mol. The van der Waals surface area contributed by atoms with Gasteiger partial charge in [0.1, 0.15) is 0 Å². The predicted octanol–water partition coefficient (Wildman–Crippen LogP) is 2.46. The van der Waals surface area contributed by atoms with Crippen LogP contribution in [0.4, 0.5) is 0 Å². The Hall–Kier alpha value is -0.170. The highest BCUT2D eigenvalue weighted by Crippen LogP contribution is 2.25. The zero-order valence-corrected chi connectivity index (χ0v) is 11.9. The molecular formula is C9H15ClN2O2S2. The van der Waals surface area contributed by atoms with Gasteiger partial charge in [-0.05, 0) is 12.3 Å². The molecule has 1 aromatic rings. The monoisotopic (exact) mass is 282 g/mol. The van der Waals surface area contributed by atoms with Gasteiger partial charge in [-0.1, -0.05) is 36.8 Å². The quantitative estimate of drug-likeness (QED) is 0.834. The summed E-state index contributed by atoms with van der Waals surface area (Å²) in [5.74, 6) is 0.475. The number of aromatic nitrogens is 1. The molecule has 0 radical (unpaired) electrons. The first kappa shape index (κ1) is 13.9. The molecule has 0 amide bonds. The smallest absolute Gasteiger partial charge is 0.232 e. The third-order valence-corrected chi connectivity index (χ3v) is 5.55. The van der Waals surface area contributed by atoms with E-state index in [4.69, 9.17) is 11.6 Å². The van der Waals surface area contributed by atoms with Crippen molar-refractivity contribution in [3.05, 3.63) is 10.7 Å². The lowest BCUT2D eigenvalue weighted by Gasteiger charge is -2.16. The Kier molecular flexibility index (Phi) is 4.73. The van der Waals surface area contributed by atoms with E-state index in [2.05, 4.69) is 18.8 Å². The minimum atomic E-state index is -3.41. The Bertz CT molecular complexity index is 442. The number of rotatable bonds is 5. The highest BCUT2D eigenvalue weighted by Gasteiger charge is 2.23. The summed E-state index contributed by atoms with van der Waals surface area (Å²) in [5.41, 5.74) is 0. The first-order chi connectivity index (χ1) is 7.34. The maximum Gasteiger partial charge on any atom is 0.253 e. The second-order valence-corrected chi connectivity index (χ2v) is 7.83. The van der Waals surface area contributed by atoms with Crippen LogP contribution in [0.25, 0.3) is 0 Å². The van der Waals surface area contributed by atoms with Crippen molar-refractivity contribution in [1.82, 2.24) is 9.29 Å². The zero-order chi connectivity index (χ0) is 12.3. The largest absolute Gasteiger partial charge is 0.253 e. The van der Waals surface area contributed by atoms with Gasteiger partial charge in [0.25, 0.3) is 10.0 Å². The number of hydrogen-bond donors (Lipinski definition) is 0. The highest BCUT2D eigenvalue weighted by atomic mass is 35.5. The average molecular weight is 283 g/mol. The third-order valence-electron chi connectivity index (χ3n) is 2.14. The maximum absolute atomic E-state index is 12.0. The van der Waals surface area contributed by atoms with E-state index in [1.54, 1.807) is 7.05 Å². The lowest BCUT2D eigenvalue weighted by atomic mass is 10.1.